The molecule has 126 valence electrons. The van der Waals surface area contributed by atoms with Gasteiger partial charge in [0.15, 0.2) is 11.9 Å². The number of carbonyl (C=O) groups is 1. The predicted molar refractivity (Wildman–Crippen MR) is 84.9 cm³/mol. The summed E-state index contributed by atoms with van der Waals surface area (Å²) >= 11 is 0. The van der Waals surface area contributed by atoms with Crippen LogP contribution in [0.5, 0.6) is 0 Å². The number of nitrogens with zero attached hydrogens (tertiary/aromatic N) is 5. The molecule has 0 saturated heterocycles. The van der Waals surface area contributed by atoms with Crippen LogP contribution in [0.1, 0.15) is 46.5 Å². The third-order valence-electron chi connectivity index (χ3n) is 3.79. The van der Waals surface area contributed by atoms with E-state index in [-0.39, 0.29) is 5.89 Å². The van der Waals surface area contributed by atoms with Gasteiger partial charge in [-0.25, -0.2) is 4.79 Å². The van der Waals surface area contributed by atoms with Crippen LogP contribution in [0.25, 0.3) is 5.82 Å². The quantitative estimate of drug-likeness (QED) is 0.683. The second-order valence-electron chi connectivity index (χ2n) is 5.68. The van der Waals surface area contributed by atoms with Crippen molar-refractivity contribution in [3.63, 3.8) is 0 Å². The molecule has 0 spiro atoms. The number of rotatable bonds is 4. The topological polar surface area (TPSA) is 88.0 Å². The number of aryl methyl sites for hydroxylation is 4. The highest BCUT2D eigenvalue weighted by Crippen LogP contribution is 2.23. The third kappa shape index (κ3) is 2.70. The van der Waals surface area contributed by atoms with E-state index in [1.54, 1.807) is 25.6 Å². The van der Waals surface area contributed by atoms with Gasteiger partial charge in [-0.05, 0) is 39.8 Å². The average molecular weight is 329 g/mol. The standard InChI is InChI=1S/C16H19N5O3/c1-9-6-7-10(2)21(9)15-13(8-17-20(15)5)16(22)23-11(3)14-18-12(4)19-24-14/h6-8,11H,1-5H3. The molecule has 0 aromatic carbocycles. The lowest BCUT2D eigenvalue weighted by molar-refractivity contribution is 0.0265. The lowest BCUT2D eigenvalue weighted by Crippen LogP contribution is -2.14. The molecule has 0 radical (unpaired) electrons. The summed E-state index contributed by atoms with van der Waals surface area (Å²) in [4.78, 5) is 16.7. The molecule has 0 aliphatic carbocycles. The molecule has 3 aromatic heterocycles. The molecule has 0 fully saturated rings. The van der Waals surface area contributed by atoms with Crippen LogP contribution in [-0.4, -0.2) is 30.5 Å². The van der Waals surface area contributed by atoms with E-state index in [0.29, 0.717) is 17.2 Å². The molecule has 1 unspecified atom stereocenters. The Labute approximate surface area is 139 Å². The molecule has 0 bridgehead atoms. The van der Waals surface area contributed by atoms with Gasteiger partial charge in [0.05, 0.1) is 6.20 Å². The minimum absolute atomic E-state index is 0.264. The summed E-state index contributed by atoms with van der Waals surface area (Å²) in [6.45, 7) is 7.34. The lowest BCUT2D eigenvalue weighted by Gasteiger charge is -2.13. The number of ether oxygens (including phenoxy) is 1. The first-order valence-electron chi connectivity index (χ1n) is 7.57. The van der Waals surface area contributed by atoms with Gasteiger partial charge < -0.3 is 13.8 Å². The Morgan fingerprint density at radius 2 is 1.92 bits per heavy atom. The Kier molecular flexibility index (Phi) is 3.96. The Balaban J connectivity index is 1.92. The fourth-order valence-electron chi connectivity index (χ4n) is 2.60. The van der Waals surface area contributed by atoms with Crippen LogP contribution in [0.2, 0.25) is 0 Å². The van der Waals surface area contributed by atoms with Crippen molar-refractivity contribution in [2.75, 3.05) is 0 Å². The van der Waals surface area contributed by atoms with E-state index in [9.17, 15) is 4.79 Å². The summed E-state index contributed by atoms with van der Waals surface area (Å²) in [5.74, 6) is 0.927. The van der Waals surface area contributed by atoms with Crippen LogP contribution in [-0.2, 0) is 11.8 Å². The highest BCUT2D eigenvalue weighted by Gasteiger charge is 2.24. The average Bonchev–Trinajstić information content (AvgIpc) is 3.20. The van der Waals surface area contributed by atoms with Gasteiger partial charge in [0.1, 0.15) is 11.4 Å². The van der Waals surface area contributed by atoms with Crippen molar-refractivity contribution >= 4 is 5.97 Å². The summed E-state index contributed by atoms with van der Waals surface area (Å²) in [5, 5.41) is 7.91. The SMILES string of the molecule is Cc1noc(C(C)OC(=O)c2cnn(C)c2-n2c(C)ccc2C)n1. The number of aromatic nitrogens is 5. The molecule has 0 saturated carbocycles. The maximum absolute atomic E-state index is 12.6. The van der Waals surface area contributed by atoms with Crippen molar-refractivity contribution in [2.24, 2.45) is 7.05 Å². The van der Waals surface area contributed by atoms with E-state index in [1.807, 2.05) is 30.5 Å². The normalized spacial score (nSPS) is 12.4. The van der Waals surface area contributed by atoms with Crippen molar-refractivity contribution in [3.8, 4) is 5.82 Å². The first kappa shape index (κ1) is 16.0. The van der Waals surface area contributed by atoms with Crippen molar-refractivity contribution in [3.05, 3.63) is 47.0 Å². The van der Waals surface area contributed by atoms with Crippen molar-refractivity contribution in [1.82, 2.24) is 24.5 Å². The maximum atomic E-state index is 12.6. The van der Waals surface area contributed by atoms with Gasteiger partial charge in [-0.3, -0.25) is 4.68 Å². The van der Waals surface area contributed by atoms with E-state index < -0.39 is 12.1 Å². The van der Waals surface area contributed by atoms with E-state index in [4.69, 9.17) is 9.26 Å². The Morgan fingerprint density at radius 1 is 1.25 bits per heavy atom. The molecule has 8 nitrogen and oxygen atoms in total. The van der Waals surface area contributed by atoms with Gasteiger partial charge in [-0.2, -0.15) is 10.1 Å². The monoisotopic (exact) mass is 329 g/mol. The van der Waals surface area contributed by atoms with Crippen LogP contribution in [0.15, 0.2) is 22.9 Å². The van der Waals surface area contributed by atoms with Gasteiger partial charge in [0.25, 0.3) is 5.89 Å². The Hall–Kier alpha value is -2.90. The highest BCUT2D eigenvalue weighted by atomic mass is 16.6. The van der Waals surface area contributed by atoms with Crippen molar-refractivity contribution in [1.29, 1.82) is 0 Å². The molecule has 24 heavy (non-hydrogen) atoms. The van der Waals surface area contributed by atoms with E-state index in [0.717, 1.165) is 11.4 Å². The largest absolute Gasteiger partial charge is 0.449 e. The molecule has 3 heterocycles. The summed E-state index contributed by atoms with van der Waals surface area (Å²) in [6.07, 6.45) is 0.862. The molecule has 3 aromatic rings. The number of esters is 1. The van der Waals surface area contributed by atoms with E-state index >= 15 is 0 Å². The summed E-state index contributed by atoms with van der Waals surface area (Å²) in [5.41, 5.74) is 2.39. The molecule has 0 aliphatic rings. The van der Waals surface area contributed by atoms with Crippen LogP contribution in [0.4, 0.5) is 0 Å². The van der Waals surface area contributed by atoms with Gasteiger partial charge in [-0.15, -0.1) is 0 Å². The fraction of sp³-hybridized carbons (Fsp3) is 0.375. The number of hydrogen-bond acceptors (Lipinski definition) is 6. The van der Waals surface area contributed by atoms with Crippen LogP contribution in [0.3, 0.4) is 0 Å². The first-order chi connectivity index (χ1) is 11.4. The van der Waals surface area contributed by atoms with E-state index in [1.165, 1.54) is 6.20 Å². The smallest absolute Gasteiger partial charge is 0.344 e. The number of carbonyl (C=O) groups excluding carboxylic acids is 1. The van der Waals surface area contributed by atoms with Crippen LogP contribution >= 0.6 is 0 Å². The zero-order valence-corrected chi connectivity index (χ0v) is 14.3. The summed E-state index contributed by atoms with van der Waals surface area (Å²) in [7, 11) is 1.79. The summed E-state index contributed by atoms with van der Waals surface area (Å²) in [6, 6.07) is 3.97. The molecule has 0 amide bonds. The minimum Gasteiger partial charge on any atom is -0.449 e. The van der Waals surface area contributed by atoms with Crippen LogP contribution < -0.4 is 0 Å². The molecule has 0 N–H and O–H groups in total. The second-order valence-corrected chi connectivity index (χ2v) is 5.68. The van der Waals surface area contributed by atoms with E-state index in [2.05, 4.69) is 15.2 Å². The molecular weight excluding hydrogens is 310 g/mol. The fourth-order valence-corrected chi connectivity index (χ4v) is 2.60. The van der Waals surface area contributed by atoms with Crippen molar-refractivity contribution in [2.45, 2.75) is 33.8 Å². The lowest BCUT2D eigenvalue weighted by atomic mass is 10.3. The van der Waals surface area contributed by atoms with Crippen molar-refractivity contribution < 1.29 is 14.1 Å². The van der Waals surface area contributed by atoms with Gasteiger partial charge in [0.2, 0.25) is 0 Å². The highest BCUT2D eigenvalue weighted by molar-refractivity contribution is 5.92. The Bertz CT molecular complexity index is 870. The zero-order chi connectivity index (χ0) is 17.4. The zero-order valence-electron chi connectivity index (χ0n) is 14.3. The summed E-state index contributed by atoms with van der Waals surface area (Å²) < 4.78 is 14.1. The number of hydrogen-bond donors (Lipinski definition) is 0. The Morgan fingerprint density at radius 3 is 2.50 bits per heavy atom. The third-order valence-corrected chi connectivity index (χ3v) is 3.79. The molecular formula is C16H19N5O3. The van der Waals surface area contributed by atoms with Gasteiger partial charge in [0, 0.05) is 18.4 Å². The predicted octanol–water partition coefficient (Wildman–Crippen LogP) is 2.44. The minimum atomic E-state index is -0.640. The molecule has 1 atom stereocenters. The molecule has 3 rings (SSSR count). The van der Waals surface area contributed by atoms with Gasteiger partial charge in [-0.1, -0.05) is 5.16 Å². The maximum Gasteiger partial charge on any atom is 0.344 e. The second kappa shape index (κ2) is 5.95. The first-order valence-corrected chi connectivity index (χ1v) is 7.57. The molecule has 0 aliphatic heterocycles. The molecule has 8 heteroatoms. The van der Waals surface area contributed by atoms with Crippen LogP contribution in [0, 0.1) is 20.8 Å². The van der Waals surface area contributed by atoms with Gasteiger partial charge >= 0.3 is 5.97 Å².